The van der Waals surface area contributed by atoms with Crippen LogP contribution in [0.5, 0.6) is 0 Å². The highest BCUT2D eigenvalue weighted by molar-refractivity contribution is 5.86. The van der Waals surface area contributed by atoms with Crippen LogP contribution in [0.3, 0.4) is 0 Å². The van der Waals surface area contributed by atoms with Crippen LogP contribution in [0.4, 0.5) is 0 Å². The number of aliphatic carboxylic acids is 1. The van der Waals surface area contributed by atoms with Crippen molar-refractivity contribution in [2.45, 2.75) is 38.1 Å². The molecule has 18 heavy (non-hydrogen) atoms. The summed E-state index contributed by atoms with van der Waals surface area (Å²) in [7, 11) is 0. The van der Waals surface area contributed by atoms with Gasteiger partial charge >= 0.3 is 5.97 Å². The molecule has 0 bridgehead atoms. The van der Waals surface area contributed by atoms with Crippen LogP contribution in [0.2, 0.25) is 0 Å². The number of aromatic nitrogens is 1. The van der Waals surface area contributed by atoms with Gasteiger partial charge in [-0.15, -0.1) is 0 Å². The number of fused-ring (bicyclic) bond motifs is 1. The third-order valence-electron chi connectivity index (χ3n) is 4.15. The van der Waals surface area contributed by atoms with Crippen LogP contribution in [-0.4, -0.2) is 15.6 Å². The standard InChI is InChI=1S/C15H17NO2/c1-11-10-12-6-2-3-7-13(12)16(11)15(14(17)18)8-4-5-9-15/h2-3,6-7,10H,4-5,8-9H2,1H3,(H,17,18). The molecule has 0 radical (unpaired) electrons. The average Bonchev–Trinajstić information content (AvgIpc) is 2.92. The molecule has 1 aromatic carbocycles. The summed E-state index contributed by atoms with van der Waals surface area (Å²) in [5.74, 6) is -0.690. The van der Waals surface area contributed by atoms with Crippen molar-refractivity contribution >= 4 is 16.9 Å². The van der Waals surface area contributed by atoms with Crippen molar-refractivity contribution in [1.29, 1.82) is 0 Å². The quantitative estimate of drug-likeness (QED) is 0.879. The number of aryl methyl sites for hydroxylation is 1. The number of carboxylic acids is 1. The molecule has 3 heteroatoms. The van der Waals surface area contributed by atoms with E-state index in [1.54, 1.807) is 0 Å². The summed E-state index contributed by atoms with van der Waals surface area (Å²) in [5.41, 5.74) is 1.35. The molecule has 0 unspecified atom stereocenters. The fourth-order valence-corrected chi connectivity index (χ4v) is 3.35. The molecule has 1 aromatic heterocycles. The maximum absolute atomic E-state index is 11.8. The molecule has 94 valence electrons. The highest BCUT2D eigenvalue weighted by Crippen LogP contribution is 2.40. The van der Waals surface area contributed by atoms with E-state index in [-0.39, 0.29) is 0 Å². The van der Waals surface area contributed by atoms with Crippen LogP contribution in [0.15, 0.2) is 30.3 Å². The van der Waals surface area contributed by atoms with Gasteiger partial charge in [-0.2, -0.15) is 0 Å². The highest BCUT2D eigenvalue weighted by Gasteiger charge is 2.44. The largest absolute Gasteiger partial charge is 0.479 e. The van der Waals surface area contributed by atoms with Gasteiger partial charge in [0.05, 0.1) is 0 Å². The predicted octanol–water partition coefficient (Wildman–Crippen LogP) is 3.30. The lowest BCUT2D eigenvalue weighted by Gasteiger charge is -2.29. The lowest BCUT2D eigenvalue weighted by Crippen LogP contribution is -2.39. The Hall–Kier alpha value is -1.77. The van der Waals surface area contributed by atoms with Crippen LogP contribution in [0.25, 0.3) is 10.9 Å². The predicted molar refractivity (Wildman–Crippen MR) is 70.8 cm³/mol. The average molecular weight is 243 g/mol. The maximum Gasteiger partial charge on any atom is 0.329 e. The smallest absolute Gasteiger partial charge is 0.329 e. The zero-order valence-electron chi connectivity index (χ0n) is 10.5. The van der Waals surface area contributed by atoms with Gasteiger partial charge in [0.25, 0.3) is 0 Å². The maximum atomic E-state index is 11.8. The zero-order valence-corrected chi connectivity index (χ0v) is 10.5. The van der Waals surface area contributed by atoms with E-state index in [0.29, 0.717) is 0 Å². The molecule has 1 heterocycles. The van der Waals surface area contributed by atoms with Gasteiger partial charge in [-0.05, 0) is 37.3 Å². The molecule has 1 N–H and O–H groups in total. The number of carbonyl (C=O) groups is 1. The molecular formula is C15H17NO2. The van der Waals surface area contributed by atoms with Gasteiger partial charge in [0, 0.05) is 11.2 Å². The Kier molecular flexibility index (Phi) is 2.44. The molecule has 0 saturated heterocycles. The number of carboxylic acid groups (broad SMARTS) is 1. The second kappa shape index (κ2) is 3.87. The summed E-state index contributed by atoms with van der Waals surface area (Å²) in [5, 5.41) is 10.8. The molecule has 1 fully saturated rings. The normalized spacial score (nSPS) is 18.3. The molecule has 0 aliphatic heterocycles. The second-order valence-corrected chi connectivity index (χ2v) is 5.22. The third kappa shape index (κ3) is 1.40. The lowest BCUT2D eigenvalue weighted by molar-refractivity contribution is -0.147. The van der Waals surface area contributed by atoms with Crippen molar-refractivity contribution in [2.24, 2.45) is 0 Å². The monoisotopic (exact) mass is 243 g/mol. The second-order valence-electron chi connectivity index (χ2n) is 5.22. The first-order valence-electron chi connectivity index (χ1n) is 6.46. The fraction of sp³-hybridized carbons (Fsp3) is 0.400. The number of hydrogen-bond donors (Lipinski definition) is 1. The van der Waals surface area contributed by atoms with Crippen molar-refractivity contribution in [1.82, 2.24) is 4.57 Å². The van der Waals surface area contributed by atoms with E-state index in [1.807, 2.05) is 35.8 Å². The van der Waals surface area contributed by atoms with Gasteiger partial charge in [0.1, 0.15) is 5.54 Å². The number of hydrogen-bond acceptors (Lipinski definition) is 1. The van der Waals surface area contributed by atoms with Crippen LogP contribution in [-0.2, 0) is 10.3 Å². The zero-order chi connectivity index (χ0) is 12.8. The van der Waals surface area contributed by atoms with Gasteiger partial charge in [-0.25, -0.2) is 4.79 Å². The molecule has 0 atom stereocenters. The molecular weight excluding hydrogens is 226 g/mol. The molecule has 1 aliphatic carbocycles. The summed E-state index contributed by atoms with van der Waals surface area (Å²) in [4.78, 5) is 11.8. The van der Waals surface area contributed by atoms with Crippen LogP contribution < -0.4 is 0 Å². The Morgan fingerprint density at radius 1 is 1.28 bits per heavy atom. The van der Waals surface area contributed by atoms with Gasteiger partial charge < -0.3 is 9.67 Å². The summed E-state index contributed by atoms with van der Waals surface area (Å²) in [6.45, 7) is 2.00. The third-order valence-corrected chi connectivity index (χ3v) is 4.15. The first-order valence-corrected chi connectivity index (χ1v) is 6.46. The topological polar surface area (TPSA) is 42.2 Å². The minimum Gasteiger partial charge on any atom is -0.479 e. The fourth-order valence-electron chi connectivity index (χ4n) is 3.35. The molecule has 3 nitrogen and oxygen atoms in total. The van der Waals surface area contributed by atoms with E-state index in [2.05, 4.69) is 6.07 Å². The van der Waals surface area contributed by atoms with E-state index >= 15 is 0 Å². The number of benzene rings is 1. The molecule has 1 aliphatic rings. The van der Waals surface area contributed by atoms with E-state index in [9.17, 15) is 9.90 Å². The Balaban J connectivity index is 2.30. The molecule has 0 amide bonds. The van der Waals surface area contributed by atoms with Gasteiger partial charge in [0.2, 0.25) is 0 Å². The van der Waals surface area contributed by atoms with Crippen molar-refractivity contribution < 1.29 is 9.90 Å². The summed E-state index contributed by atoms with van der Waals surface area (Å²) in [6.07, 6.45) is 3.47. The number of para-hydroxylation sites is 1. The van der Waals surface area contributed by atoms with Gasteiger partial charge in [-0.1, -0.05) is 31.0 Å². The van der Waals surface area contributed by atoms with Crippen LogP contribution >= 0.6 is 0 Å². The van der Waals surface area contributed by atoms with Gasteiger partial charge in [0.15, 0.2) is 0 Å². The summed E-state index contributed by atoms with van der Waals surface area (Å²) >= 11 is 0. The van der Waals surface area contributed by atoms with Crippen LogP contribution in [0.1, 0.15) is 31.4 Å². The minimum absolute atomic E-state index is 0.690. The summed E-state index contributed by atoms with van der Waals surface area (Å²) in [6, 6.07) is 10.1. The first-order chi connectivity index (χ1) is 8.65. The van der Waals surface area contributed by atoms with E-state index in [1.165, 1.54) is 0 Å². The Labute approximate surface area is 106 Å². The van der Waals surface area contributed by atoms with Crippen molar-refractivity contribution in [3.8, 4) is 0 Å². The van der Waals surface area contributed by atoms with Crippen molar-refractivity contribution in [2.75, 3.05) is 0 Å². The van der Waals surface area contributed by atoms with E-state index in [0.717, 1.165) is 42.3 Å². The van der Waals surface area contributed by atoms with E-state index < -0.39 is 11.5 Å². The first kappa shape index (κ1) is 11.3. The van der Waals surface area contributed by atoms with E-state index in [4.69, 9.17) is 0 Å². The number of nitrogens with zero attached hydrogens (tertiary/aromatic N) is 1. The van der Waals surface area contributed by atoms with Crippen LogP contribution in [0, 0.1) is 6.92 Å². The SMILES string of the molecule is Cc1cc2ccccc2n1C1(C(=O)O)CCCC1. The Morgan fingerprint density at radius 2 is 1.94 bits per heavy atom. The van der Waals surface area contributed by atoms with Crippen molar-refractivity contribution in [3.05, 3.63) is 36.0 Å². The molecule has 0 spiro atoms. The minimum atomic E-state index is -0.729. The lowest BCUT2D eigenvalue weighted by atomic mass is 9.96. The van der Waals surface area contributed by atoms with Gasteiger partial charge in [-0.3, -0.25) is 0 Å². The number of rotatable bonds is 2. The Bertz CT molecular complexity index is 606. The molecule has 2 aromatic rings. The summed E-state index contributed by atoms with van der Waals surface area (Å²) < 4.78 is 2.04. The molecule has 3 rings (SSSR count). The van der Waals surface area contributed by atoms with Crippen molar-refractivity contribution in [3.63, 3.8) is 0 Å². The highest BCUT2D eigenvalue weighted by atomic mass is 16.4. The Morgan fingerprint density at radius 3 is 2.61 bits per heavy atom. The molecule has 1 saturated carbocycles.